The first-order chi connectivity index (χ1) is 11.1. The second-order valence-corrected chi connectivity index (χ2v) is 7.92. The average molecular weight is 372 g/mol. The van der Waals surface area contributed by atoms with Crippen LogP contribution in [0.25, 0.3) is 0 Å². The van der Waals surface area contributed by atoms with Crippen LogP contribution < -0.4 is 11.2 Å². The lowest BCUT2D eigenvalue weighted by Gasteiger charge is -2.33. The van der Waals surface area contributed by atoms with Crippen molar-refractivity contribution < 1.29 is 9.90 Å². The Kier molecular flexibility index (Phi) is 10.3. The summed E-state index contributed by atoms with van der Waals surface area (Å²) in [7, 11) is 0. The normalized spacial score (nSPS) is 14.1. The quantitative estimate of drug-likeness (QED) is 0.484. The van der Waals surface area contributed by atoms with E-state index in [1.165, 1.54) is 0 Å². The molecule has 0 heterocycles. The van der Waals surface area contributed by atoms with E-state index in [-0.39, 0.29) is 36.3 Å². The lowest BCUT2D eigenvalue weighted by molar-refractivity contribution is -0.125. The zero-order valence-corrected chi connectivity index (χ0v) is 16.8. The molecule has 1 aromatic carbocycles. The Hall–Kier alpha value is -1.14. The summed E-state index contributed by atoms with van der Waals surface area (Å²) < 4.78 is 0. The fourth-order valence-electron chi connectivity index (χ4n) is 2.68. The molecule has 1 aromatic rings. The van der Waals surface area contributed by atoms with Crippen molar-refractivity contribution in [3.8, 4) is 0 Å². The molecule has 0 radical (unpaired) electrons. The third kappa shape index (κ3) is 9.80. The van der Waals surface area contributed by atoms with Crippen LogP contribution in [0.2, 0.25) is 0 Å². The van der Waals surface area contributed by atoms with E-state index in [4.69, 9.17) is 5.84 Å². The molecule has 0 bridgehead atoms. The molecule has 1 amide bonds. The summed E-state index contributed by atoms with van der Waals surface area (Å²) in [6.45, 7) is 10.6. The van der Waals surface area contributed by atoms with Gasteiger partial charge in [0, 0.05) is 12.1 Å². The molecule has 144 valence electrons. The molecule has 0 spiro atoms. The minimum Gasteiger partial charge on any atom is -0.391 e. The van der Waals surface area contributed by atoms with Gasteiger partial charge in [-0.2, -0.15) is 0 Å². The standard InChI is InChI=1S/C19H33N3O2.ClH/c1-14(2)13-22(20)16(11-15-9-7-6-8-10-15)17(23)12-18(24)21-19(3,4)5;/h6-10,14,16-17,23H,11-13,20H2,1-5H3,(H,21,24);1H/t16-,17-;/m0./s1. The Labute approximate surface area is 158 Å². The van der Waals surface area contributed by atoms with E-state index < -0.39 is 6.10 Å². The maximum absolute atomic E-state index is 12.1. The molecule has 2 atom stereocenters. The van der Waals surface area contributed by atoms with E-state index in [1.807, 2.05) is 51.1 Å². The van der Waals surface area contributed by atoms with Gasteiger partial charge in [0.2, 0.25) is 5.91 Å². The molecule has 0 aliphatic rings. The fourth-order valence-corrected chi connectivity index (χ4v) is 2.68. The number of halogens is 1. The Bertz CT molecular complexity index is 503. The molecule has 0 saturated heterocycles. The minimum atomic E-state index is -0.823. The predicted molar refractivity (Wildman–Crippen MR) is 105 cm³/mol. The van der Waals surface area contributed by atoms with Crippen molar-refractivity contribution in [1.82, 2.24) is 10.3 Å². The number of carbonyl (C=O) groups excluding carboxylic acids is 1. The zero-order valence-electron chi connectivity index (χ0n) is 16.0. The van der Waals surface area contributed by atoms with Crippen molar-refractivity contribution in [2.45, 2.75) is 65.1 Å². The summed E-state index contributed by atoms with van der Waals surface area (Å²) in [6, 6.07) is 9.61. The van der Waals surface area contributed by atoms with Crippen LogP contribution in [-0.4, -0.2) is 40.3 Å². The third-order valence-corrected chi connectivity index (χ3v) is 3.64. The molecule has 6 heteroatoms. The number of hydrogen-bond donors (Lipinski definition) is 3. The van der Waals surface area contributed by atoms with Gasteiger partial charge in [0.25, 0.3) is 0 Å². The van der Waals surface area contributed by atoms with E-state index in [1.54, 1.807) is 5.01 Å². The maximum atomic E-state index is 12.1. The number of hydrazine groups is 1. The van der Waals surface area contributed by atoms with Gasteiger partial charge in [-0.05, 0) is 38.7 Å². The molecule has 0 aliphatic heterocycles. The van der Waals surface area contributed by atoms with Crippen molar-refractivity contribution in [2.24, 2.45) is 11.8 Å². The number of carbonyl (C=O) groups is 1. The van der Waals surface area contributed by atoms with Crippen LogP contribution >= 0.6 is 12.4 Å². The molecule has 0 aromatic heterocycles. The molecule has 0 saturated carbocycles. The summed E-state index contributed by atoms with van der Waals surface area (Å²) in [5.41, 5.74) is 0.781. The molecule has 25 heavy (non-hydrogen) atoms. The molecule has 5 nitrogen and oxygen atoms in total. The number of nitrogens with two attached hydrogens (primary N) is 1. The third-order valence-electron chi connectivity index (χ3n) is 3.64. The first-order valence-corrected chi connectivity index (χ1v) is 8.63. The summed E-state index contributed by atoms with van der Waals surface area (Å²) in [4.78, 5) is 12.1. The highest BCUT2D eigenvalue weighted by Crippen LogP contribution is 2.15. The largest absolute Gasteiger partial charge is 0.391 e. The highest BCUT2D eigenvalue weighted by atomic mass is 35.5. The second-order valence-electron chi connectivity index (χ2n) is 7.92. The molecule has 1 rings (SSSR count). The van der Waals surface area contributed by atoms with Gasteiger partial charge in [-0.1, -0.05) is 44.2 Å². The van der Waals surface area contributed by atoms with Gasteiger partial charge in [-0.15, -0.1) is 12.4 Å². The van der Waals surface area contributed by atoms with E-state index in [2.05, 4.69) is 19.2 Å². The number of amides is 1. The maximum Gasteiger partial charge on any atom is 0.223 e. The first kappa shape index (κ1) is 23.9. The molecule has 0 aliphatic carbocycles. The average Bonchev–Trinajstić information content (AvgIpc) is 2.42. The van der Waals surface area contributed by atoms with Gasteiger partial charge in [-0.25, -0.2) is 5.01 Å². The number of aliphatic hydroxyl groups is 1. The molecule has 0 fully saturated rings. The number of aliphatic hydroxyl groups excluding tert-OH is 1. The van der Waals surface area contributed by atoms with Crippen molar-refractivity contribution in [1.29, 1.82) is 0 Å². The minimum absolute atomic E-state index is 0. The lowest BCUT2D eigenvalue weighted by atomic mass is 9.97. The second kappa shape index (κ2) is 10.8. The van der Waals surface area contributed by atoms with E-state index in [0.717, 1.165) is 5.56 Å². The van der Waals surface area contributed by atoms with E-state index in [9.17, 15) is 9.90 Å². The number of rotatable bonds is 8. The fraction of sp³-hybridized carbons (Fsp3) is 0.632. The van der Waals surface area contributed by atoms with Crippen LogP contribution in [0.1, 0.15) is 46.6 Å². The Morgan fingerprint density at radius 2 is 1.80 bits per heavy atom. The Morgan fingerprint density at radius 1 is 1.24 bits per heavy atom. The van der Waals surface area contributed by atoms with Gasteiger partial charge in [0.1, 0.15) is 0 Å². The van der Waals surface area contributed by atoms with Crippen LogP contribution in [0.5, 0.6) is 0 Å². The van der Waals surface area contributed by atoms with Crippen molar-refractivity contribution in [2.75, 3.05) is 6.54 Å². The highest BCUT2D eigenvalue weighted by molar-refractivity contribution is 5.85. The van der Waals surface area contributed by atoms with Crippen LogP contribution in [0.4, 0.5) is 0 Å². The predicted octanol–water partition coefficient (Wildman–Crippen LogP) is 2.52. The number of benzene rings is 1. The number of nitrogens with one attached hydrogen (secondary N) is 1. The van der Waals surface area contributed by atoms with E-state index in [0.29, 0.717) is 18.9 Å². The van der Waals surface area contributed by atoms with Crippen molar-refractivity contribution >= 4 is 18.3 Å². The summed E-state index contributed by atoms with van der Waals surface area (Å²) in [5, 5.41) is 15.2. The van der Waals surface area contributed by atoms with Crippen LogP contribution in [-0.2, 0) is 11.2 Å². The Balaban J connectivity index is 0.00000576. The lowest BCUT2D eigenvalue weighted by Crippen LogP contribution is -2.52. The summed E-state index contributed by atoms with van der Waals surface area (Å²) in [5.74, 6) is 6.43. The van der Waals surface area contributed by atoms with Gasteiger partial charge < -0.3 is 10.4 Å². The molecular formula is C19H34ClN3O2. The SMILES string of the molecule is CC(C)CN(N)[C@@H](Cc1ccccc1)[C@@H](O)CC(=O)NC(C)(C)C.Cl. The van der Waals surface area contributed by atoms with Crippen LogP contribution in [0.3, 0.4) is 0 Å². The molecule has 0 unspecified atom stereocenters. The number of nitrogens with zero attached hydrogens (tertiary/aromatic N) is 1. The van der Waals surface area contributed by atoms with E-state index >= 15 is 0 Å². The van der Waals surface area contributed by atoms with Crippen LogP contribution in [0, 0.1) is 5.92 Å². The first-order valence-electron chi connectivity index (χ1n) is 8.63. The topological polar surface area (TPSA) is 78.6 Å². The van der Waals surface area contributed by atoms with Gasteiger partial charge in [0.15, 0.2) is 0 Å². The molecular weight excluding hydrogens is 338 g/mol. The van der Waals surface area contributed by atoms with Crippen LogP contribution in [0.15, 0.2) is 30.3 Å². The van der Waals surface area contributed by atoms with Crippen molar-refractivity contribution in [3.05, 3.63) is 35.9 Å². The number of hydrogen-bond acceptors (Lipinski definition) is 4. The zero-order chi connectivity index (χ0) is 18.3. The summed E-state index contributed by atoms with van der Waals surface area (Å²) >= 11 is 0. The van der Waals surface area contributed by atoms with Gasteiger partial charge in [-0.3, -0.25) is 10.6 Å². The highest BCUT2D eigenvalue weighted by Gasteiger charge is 2.28. The van der Waals surface area contributed by atoms with Crippen molar-refractivity contribution in [3.63, 3.8) is 0 Å². The Morgan fingerprint density at radius 3 is 2.28 bits per heavy atom. The smallest absolute Gasteiger partial charge is 0.223 e. The van der Waals surface area contributed by atoms with Gasteiger partial charge >= 0.3 is 0 Å². The molecule has 4 N–H and O–H groups in total. The van der Waals surface area contributed by atoms with Gasteiger partial charge in [0.05, 0.1) is 18.6 Å². The monoisotopic (exact) mass is 371 g/mol. The summed E-state index contributed by atoms with van der Waals surface area (Å²) in [6.07, 6.45) is -0.175.